The maximum absolute atomic E-state index is 11.0. The van der Waals surface area contributed by atoms with Crippen molar-refractivity contribution in [2.45, 2.75) is 24.6 Å². The van der Waals surface area contributed by atoms with E-state index in [1.807, 2.05) is 26.0 Å². The quantitative estimate of drug-likeness (QED) is 0.236. The van der Waals surface area contributed by atoms with E-state index in [1.54, 1.807) is 30.3 Å². The fourth-order valence-corrected chi connectivity index (χ4v) is 2.77. The molecule has 0 aliphatic carbocycles. The van der Waals surface area contributed by atoms with Gasteiger partial charge in [-0.1, -0.05) is 12.1 Å². The molecule has 2 aromatic rings. The summed E-state index contributed by atoms with van der Waals surface area (Å²) in [5.41, 5.74) is 1.72. The third kappa shape index (κ3) is 5.97. The van der Waals surface area contributed by atoms with Gasteiger partial charge < -0.3 is 4.90 Å². The molecule has 0 aliphatic rings. The standard InChI is InChI=1S/C18H20Cl2N4O2/c1-13(19)11-23(12-14(2)20)16-9-7-15(8-10-16)21-22-17-5-3-4-6-18(17)24(25)26/h3-10,13-14H,11-12H2,1-2H3. The van der Waals surface area contributed by atoms with Crippen LogP contribution in [0.2, 0.25) is 0 Å². The van der Waals surface area contributed by atoms with Gasteiger partial charge in [-0.2, -0.15) is 5.11 Å². The van der Waals surface area contributed by atoms with Gasteiger partial charge in [0.1, 0.15) is 0 Å². The highest BCUT2D eigenvalue weighted by atomic mass is 35.5. The Kier molecular flexibility index (Phi) is 7.36. The second kappa shape index (κ2) is 9.50. The van der Waals surface area contributed by atoms with Crippen molar-refractivity contribution in [3.8, 4) is 0 Å². The summed E-state index contributed by atoms with van der Waals surface area (Å²) in [6.07, 6.45) is 0. The predicted molar refractivity (Wildman–Crippen MR) is 107 cm³/mol. The fourth-order valence-electron chi connectivity index (χ4n) is 2.44. The highest BCUT2D eigenvalue weighted by Gasteiger charge is 2.13. The Morgan fingerprint density at radius 3 is 2.12 bits per heavy atom. The molecule has 138 valence electrons. The Hall–Kier alpha value is -2.18. The lowest BCUT2D eigenvalue weighted by Crippen LogP contribution is -2.33. The number of alkyl halides is 2. The third-order valence-corrected chi connectivity index (χ3v) is 3.79. The fraction of sp³-hybridized carbons (Fsp3) is 0.333. The van der Waals surface area contributed by atoms with Gasteiger partial charge in [-0.15, -0.1) is 28.3 Å². The zero-order valence-electron chi connectivity index (χ0n) is 14.5. The van der Waals surface area contributed by atoms with E-state index in [-0.39, 0.29) is 22.1 Å². The van der Waals surface area contributed by atoms with E-state index in [0.29, 0.717) is 18.8 Å². The van der Waals surface area contributed by atoms with Gasteiger partial charge >= 0.3 is 0 Å². The number of halogens is 2. The maximum Gasteiger partial charge on any atom is 0.296 e. The van der Waals surface area contributed by atoms with Crippen molar-refractivity contribution in [3.05, 3.63) is 58.6 Å². The van der Waals surface area contributed by atoms with E-state index in [0.717, 1.165) is 5.69 Å². The molecule has 0 spiro atoms. The zero-order chi connectivity index (χ0) is 19.1. The maximum atomic E-state index is 11.0. The number of para-hydroxylation sites is 1. The van der Waals surface area contributed by atoms with Gasteiger partial charge in [-0.05, 0) is 44.2 Å². The molecule has 26 heavy (non-hydrogen) atoms. The van der Waals surface area contributed by atoms with Crippen molar-refractivity contribution in [1.82, 2.24) is 0 Å². The molecule has 2 unspecified atom stereocenters. The topological polar surface area (TPSA) is 71.1 Å². The number of rotatable bonds is 8. The Bertz CT molecular complexity index is 754. The molecule has 0 fully saturated rings. The number of anilines is 1. The van der Waals surface area contributed by atoms with E-state index in [2.05, 4.69) is 15.1 Å². The molecule has 0 N–H and O–H groups in total. The molecule has 0 saturated heterocycles. The highest BCUT2D eigenvalue weighted by molar-refractivity contribution is 6.21. The number of nitro benzene ring substituents is 1. The summed E-state index contributed by atoms with van der Waals surface area (Å²) in [5.74, 6) is 0. The smallest absolute Gasteiger partial charge is 0.296 e. The number of nitrogens with zero attached hydrogens (tertiary/aromatic N) is 4. The Morgan fingerprint density at radius 1 is 1.00 bits per heavy atom. The zero-order valence-corrected chi connectivity index (χ0v) is 16.1. The molecule has 0 aromatic heterocycles. The molecule has 8 heteroatoms. The summed E-state index contributed by atoms with van der Waals surface area (Å²) >= 11 is 12.2. The van der Waals surface area contributed by atoms with E-state index in [4.69, 9.17) is 23.2 Å². The first-order chi connectivity index (χ1) is 12.4. The Balaban J connectivity index is 2.17. The van der Waals surface area contributed by atoms with Gasteiger partial charge in [0, 0.05) is 35.6 Å². The second-order valence-corrected chi connectivity index (χ2v) is 7.42. The number of hydrogen-bond acceptors (Lipinski definition) is 5. The van der Waals surface area contributed by atoms with E-state index in [9.17, 15) is 10.1 Å². The van der Waals surface area contributed by atoms with Crippen LogP contribution in [-0.4, -0.2) is 28.8 Å². The molecule has 6 nitrogen and oxygen atoms in total. The van der Waals surface area contributed by atoms with Gasteiger partial charge in [0.05, 0.1) is 10.6 Å². The first-order valence-corrected chi connectivity index (χ1v) is 9.02. The lowest BCUT2D eigenvalue weighted by molar-refractivity contribution is -0.384. The molecule has 0 aliphatic heterocycles. The molecule has 2 rings (SSSR count). The Labute approximate surface area is 162 Å². The third-order valence-electron chi connectivity index (χ3n) is 3.51. The van der Waals surface area contributed by atoms with Crippen molar-refractivity contribution in [3.63, 3.8) is 0 Å². The van der Waals surface area contributed by atoms with Crippen molar-refractivity contribution in [2.24, 2.45) is 10.2 Å². The van der Waals surface area contributed by atoms with Gasteiger partial charge in [-0.3, -0.25) is 10.1 Å². The van der Waals surface area contributed by atoms with Crippen LogP contribution in [0.15, 0.2) is 58.8 Å². The highest BCUT2D eigenvalue weighted by Crippen LogP contribution is 2.29. The minimum Gasteiger partial charge on any atom is -0.369 e. The summed E-state index contributed by atoms with van der Waals surface area (Å²) in [6.45, 7) is 5.22. The van der Waals surface area contributed by atoms with E-state index < -0.39 is 4.92 Å². The summed E-state index contributed by atoms with van der Waals surface area (Å²) in [5, 5.41) is 19.1. The van der Waals surface area contributed by atoms with Crippen LogP contribution in [-0.2, 0) is 0 Å². The van der Waals surface area contributed by atoms with E-state index >= 15 is 0 Å². The second-order valence-electron chi connectivity index (χ2n) is 5.93. The SMILES string of the molecule is CC(Cl)CN(CC(C)Cl)c1ccc(N=Nc2ccccc2[N+](=O)[O-])cc1. The lowest BCUT2D eigenvalue weighted by atomic mass is 10.2. The van der Waals surface area contributed by atoms with Crippen LogP contribution in [0.3, 0.4) is 0 Å². The normalized spacial score (nSPS) is 13.5. The van der Waals surface area contributed by atoms with Crippen molar-refractivity contribution < 1.29 is 4.92 Å². The van der Waals surface area contributed by atoms with Crippen LogP contribution in [0.1, 0.15) is 13.8 Å². The van der Waals surface area contributed by atoms with Crippen molar-refractivity contribution in [2.75, 3.05) is 18.0 Å². The van der Waals surface area contributed by atoms with Crippen LogP contribution in [0.25, 0.3) is 0 Å². The average Bonchev–Trinajstić information content (AvgIpc) is 2.59. The van der Waals surface area contributed by atoms with Gasteiger partial charge in [0.15, 0.2) is 5.69 Å². The minimum absolute atomic E-state index is 0.0107. The Morgan fingerprint density at radius 2 is 1.58 bits per heavy atom. The van der Waals surface area contributed by atoms with Crippen LogP contribution >= 0.6 is 23.2 Å². The lowest BCUT2D eigenvalue weighted by Gasteiger charge is -2.27. The van der Waals surface area contributed by atoms with Crippen LogP contribution in [0.4, 0.5) is 22.7 Å². The molecular formula is C18H20Cl2N4O2. The summed E-state index contributed by atoms with van der Waals surface area (Å²) in [6, 6.07) is 13.7. The molecule has 2 atom stereocenters. The average molecular weight is 395 g/mol. The summed E-state index contributed by atoms with van der Waals surface area (Å²) in [4.78, 5) is 12.6. The monoisotopic (exact) mass is 394 g/mol. The van der Waals surface area contributed by atoms with Gasteiger partial charge in [0.25, 0.3) is 5.69 Å². The van der Waals surface area contributed by atoms with Gasteiger partial charge in [0.2, 0.25) is 0 Å². The number of nitro groups is 1. The summed E-state index contributed by atoms with van der Waals surface area (Å²) in [7, 11) is 0. The molecule has 0 radical (unpaired) electrons. The molecule has 0 saturated carbocycles. The number of benzene rings is 2. The molecular weight excluding hydrogens is 375 g/mol. The summed E-state index contributed by atoms with van der Waals surface area (Å²) < 4.78 is 0. The first kappa shape index (κ1) is 20.1. The largest absolute Gasteiger partial charge is 0.369 e. The first-order valence-electron chi connectivity index (χ1n) is 8.15. The van der Waals surface area contributed by atoms with Crippen LogP contribution < -0.4 is 4.90 Å². The van der Waals surface area contributed by atoms with Crippen molar-refractivity contribution in [1.29, 1.82) is 0 Å². The van der Waals surface area contributed by atoms with Crippen LogP contribution in [0.5, 0.6) is 0 Å². The molecule has 2 aromatic carbocycles. The van der Waals surface area contributed by atoms with Gasteiger partial charge in [-0.25, -0.2) is 0 Å². The van der Waals surface area contributed by atoms with Crippen molar-refractivity contribution >= 4 is 46.0 Å². The minimum atomic E-state index is -0.476. The number of azo groups is 1. The molecule has 0 heterocycles. The molecule has 0 bridgehead atoms. The van der Waals surface area contributed by atoms with E-state index in [1.165, 1.54) is 6.07 Å². The van der Waals surface area contributed by atoms with Crippen LogP contribution in [0, 0.1) is 10.1 Å². The molecule has 0 amide bonds. The predicted octanol–water partition coefficient (Wildman–Crippen LogP) is 6.07. The number of hydrogen-bond donors (Lipinski definition) is 0.